The van der Waals surface area contributed by atoms with Gasteiger partial charge >= 0.3 is 0 Å². The van der Waals surface area contributed by atoms with E-state index in [0.29, 0.717) is 24.5 Å². The zero-order valence-corrected chi connectivity index (χ0v) is 17.4. The molecule has 0 bridgehead atoms. The molecule has 0 amide bonds. The Bertz CT molecular complexity index is 1270. The Morgan fingerprint density at radius 1 is 1.19 bits per heavy atom. The molecule has 0 fully saturated rings. The van der Waals surface area contributed by atoms with Crippen molar-refractivity contribution in [1.29, 1.82) is 0 Å². The molecule has 5 heterocycles. The van der Waals surface area contributed by atoms with Gasteiger partial charge in [-0.3, -0.25) is 9.88 Å². The van der Waals surface area contributed by atoms with Crippen LogP contribution in [0.25, 0.3) is 11.4 Å². The number of rotatable bonds is 3. The highest BCUT2D eigenvalue weighted by atomic mass is 19.1. The standard InChI is InChI=1S/C22H21FN8O/c1-14-22(32,11-29-13-25-12-26-29)18-3-2-16(23)8-17(18)19-9-31-20(10-30(14)19)27-21(28-31)15-4-6-24-7-5-15/h2-8,12-14,19,32H,9-11H2,1H3/t14-,19?,22-/m1/s1. The molecule has 0 saturated heterocycles. The van der Waals surface area contributed by atoms with Crippen molar-refractivity contribution in [2.24, 2.45) is 0 Å². The van der Waals surface area contributed by atoms with Crippen LogP contribution in [0.15, 0.2) is 55.4 Å². The van der Waals surface area contributed by atoms with E-state index in [-0.39, 0.29) is 24.4 Å². The molecule has 10 heteroatoms. The quantitative estimate of drug-likeness (QED) is 0.528. The molecule has 4 aromatic rings. The van der Waals surface area contributed by atoms with Crippen molar-refractivity contribution in [2.45, 2.75) is 44.2 Å². The number of halogens is 1. The molecule has 32 heavy (non-hydrogen) atoms. The molecule has 1 aromatic carbocycles. The van der Waals surface area contributed by atoms with Crippen molar-refractivity contribution in [2.75, 3.05) is 0 Å². The molecular formula is C22H21FN8O. The minimum atomic E-state index is -1.27. The van der Waals surface area contributed by atoms with Crippen LogP contribution in [0.2, 0.25) is 0 Å². The van der Waals surface area contributed by atoms with Gasteiger partial charge < -0.3 is 5.11 Å². The number of aromatic nitrogens is 7. The van der Waals surface area contributed by atoms with Crippen molar-refractivity contribution >= 4 is 0 Å². The van der Waals surface area contributed by atoms with Crippen LogP contribution in [0.1, 0.15) is 29.9 Å². The SMILES string of the molecule is C[C@H]1N2Cc3nc(-c4ccncc4)nn3CC2c2cc(F)ccc2[C@@]1(O)Cn1cncn1. The number of fused-ring (bicyclic) bond motifs is 4. The van der Waals surface area contributed by atoms with Gasteiger partial charge in [-0.15, -0.1) is 0 Å². The molecule has 6 rings (SSSR count). The molecule has 0 aliphatic carbocycles. The van der Waals surface area contributed by atoms with Gasteiger partial charge in [0.15, 0.2) is 5.82 Å². The molecule has 0 spiro atoms. The minimum Gasteiger partial charge on any atom is -0.382 e. The number of hydrogen-bond acceptors (Lipinski definition) is 7. The van der Waals surface area contributed by atoms with E-state index in [1.165, 1.54) is 18.5 Å². The lowest BCUT2D eigenvalue weighted by atomic mass is 9.76. The summed E-state index contributed by atoms with van der Waals surface area (Å²) in [5.74, 6) is 1.11. The summed E-state index contributed by atoms with van der Waals surface area (Å²) < 4.78 is 17.8. The average molecular weight is 432 g/mol. The second-order valence-corrected chi connectivity index (χ2v) is 8.38. The number of hydrogen-bond donors (Lipinski definition) is 1. The van der Waals surface area contributed by atoms with Crippen LogP contribution < -0.4 is 0 Å². The van der Waals surface area contributed by atoms with Gasteiger partial charge in [0.1, 0.15) is 29.9 Å². The molecule has 0 saturated carbocycles. The summed E-state index contributed by atoms with van der Waals surface area (Å²) >= 11 is 0. The molecule has 1 unspecified atom stereocenters. The van der Waals surface area contributed by atoms with Crippen LogP contribution in [0.3, 0.4) is 0 Å². The molecular weight excluding hydrogens is 411 g/mol. The van der Waals surface area contributed by atoms with Crippen molar-refractivity contribution in [3.63, 3.8) is 0 Å². The third-order valence-electron chi connectivity index (χ3n) is 6.65. The number of aliphatic hydroxyl groups is 1. The summed E-state index contributed by atoms with van der Waals surface area (Å²) in [5, 5.41) is 20.8. The first kappa shape index (κ1) is 19.2. The summed E-state index contributed by atoms with van der Waals surface area (Å²) in [6, 6.07) is 7.96. The Morgan fingerprint density at radius 2 is 2.03 bits per heavy atom. The molecule has 3 atom stereocenters. The third kappa shape index (κ3) is 2.87. The second kappa shape index (κ2) is 7.01. The molecule has 2 aliphatic rings. The van der Waals surface area contributed by atoms with E-state index in [1.54, 1.807) is 29.5 Å². The average Bonchev–Trinajstić information content (AvgIpc) is 3.46. The van der Waals surface area contributed by atoms with E-state index >= 15 is 0 Å². The Hall–Kier alpha value is -3.50. The van der Waals surface area contributed by atoms with E-state index in [1.807, 2.05) is 23.7 Å². The lowest BCUT2D eigenvalue weighted by Gasteiger charge is -2.51. The molecule has 9 nitrogen and oxygen atoms in total. The maximum absolute atomic E-state index is 14.3. The van der Waals surface area contributed by atoms with Crippen LogP contribution in [-0.2, 0) is 25.2 Å². The van der Waals surface area contributed by atoms with Gasteiger partial charge in [0, 0.05) is 24.0 Å². The lowest BCUT2D eigenvalue weighted by molar-refractivity contribution is -0.101. The van der Waals surface area contributed by atoms with Crippen molar-refractivity contribution in [3.05, 3.63) is 78.1 Å². The molecule has 162 valence electrons. The largest absolute Gasteiger partial charge is 0.382 e. The molecule has 1 N–H and O–H groups in total. The van der Waals surface area contributed by atoms with Gasteiger partial charge in [0.05, 0.1) is 25.7 Å². The highest BCUT2D eigenvalue weighted by molar-refractivity contribution is 5.53. The Morgan fingerprint density at radius 3 is 2.81 bits per heavy atom. The first-order valence-corrected chi connectivity index (χ1v) is 10.5. The topological polar surface area (TPSA) is 97.8 Å². The van der Waals surface area contributed by atoms with Crippen LogP contribution in [0, 0.1) is 5.82 Å². The summed E-state index contributed by atoms with van der Waals surface area (Å²) in [7, 11) is 0. The summed E-state index contributed by atoms with van der Waals surface area (Å²) in [6.45, 7) is 3.21. The van der Waals surface area contributed by atoms with E-state index in [4.69, 9.17) is 10.1 Å². The summed E-state index contributed by atoms with van der Waals surface area (Å²) in [5.41, 5.74) is 1.09. The van der Waals surface area contributed by atoms with Gasteiger partial charge in [-0.2, -0.15) is 10.2 Å². The molecule has 0 radical (unpaired) electrons. The number of pyridine rings is 1. The van der Waals surface area contributed by atoms with Crippen LogP contribution in [-0.4, -0.2) is 50.6 Å². The monoisotopic (exact) mass is 432 g/mol. The summed E-state index contributed by atoms with van der Waals surface area (Å²) in [4.78, 5) is 15.0. The van der Waals surface area contributed by atoms with Gasteiger partial charge in [-0.05, 0) is 42.3 Å². The maximum atomic E-state index is 14.3. The first-order valence-electron chi connectivity index (χ1n) is 10.5. The van der Waals surface area contributed by atoms with E-state index < -0.39 is 5.60 Å². The fraction of sp³-hybridized carbons (Fsp3) is 0.318. The molecule has 2 aliphatic heterocycles. The minimum absolute atomic E-state index is 0.133. The Kier molecular flexibility index (Phi) is 4.21. The normalized spacial score (nSPS) is 24.6. The fourth-order valence-electron chi connectivity index (χ4n) is 4.97. The van der Waals surface area contributed by atoms with E-state index in [2.05, 4.69) is 20.0 Å². The van der Waals surface area contributed by atoms with Crippen LogP contribution in [0.5, 0.6) is 0 Å². The lowest BCUT2D eigenvalue weighted by Crippen LogP contribution is -2.58. The van der Waals surface area contributed by atoms with Crippen molar-refractivity contribution in [1.82, 2.24) is 39.4 Å². The van der Waals surface area contributed by atoms with Gasteiger partial charge in [0.2, 0.25) is 0 Å². The number of nitrogens with zero attached hydrogens (tertiary/aromatic N) is 8. The van der Waals surface area contributed by atoms with Gasteiger partial charge in [0.25, 0.3) is 0 Å². The smallest absolute Gasteiger partial charge is 0.181 e. The highest BCUT2D eigenvalue weighted by Gasteiger charge is 2.50. The maximum Gasteiger partial charge on any atom is 0.181 e. The third-order valence-corrected chi connectivity index (χ3v) is 6.65. The van der Waals surface area contributed by atoms with Crippen molar-refractivity contribution in [3.8, 4) is 11.4 Å². The highest BCUT2D eigenvalue weighted by Crippen LogP contribution is 2.46. The van der Waals surface area contributed by atoms with Gasteiger partial charge in [-0.1, -0.05) is 6.07 Å². The zero-order chi connectivity index (χ0) is 21.9. The van der Waals surface area contributed by atoms with Crippen LogP contribution in [0.4, 0.5) is 4.39 Å². The molecule has 3 aromatic heterocycles. The Labute approximate surface area is 183 Å². The predicted octanol–water partition coefficient (Wildman–Crippen LogP) is 1.92. The zero-order valence-electron chi connectivity index (χ0n) is 17.4. The second-order valence-electron chi connectivity index (χ2n) is 8.38. The van der Waals surface area contributed by atoms with Crippen molar-refractivity contribution < 1.29 is 9.50 Å². The van der Waals surface area contributed by atoms with E-state index in [9.17, 15) is 9.50 Å². The first-order chi connectivity index (χ1) is 15.5. The predicted molar refractivity (Wildman–Crippen MR) is 111 cm³/mol. The Balaban J connectivity index is 1.44. The number of benzene rings is 1. The van der Waals surface area contributed by atoms with Crippen LogP contribution >= 0.6 is 0 Å². The van der Waals surface area contributed by atoms with Gasteiger partial charge in [-0.25, -0.2) is 23.7 Å². The summed E-state index contributed by atoms with van der Waals surface area (Å²) in [6.07, 6.45) is 6.44. The van der Waals surface area contributed by atoms with E-state index in [0.717, 1.165) is 17.0 Å². The fourth-order valence-corrected chi connectivity index (χ4v) is 4.97.